The van der Waals surface area contributed by atoms with Crippen LogP contribution in [0.5, 0.6) is 0 Å². The molecule has 0 saturated carbocycles. The number of nitrogens with zero attached hydrogens (tertiary/aromatic N) is 6. The molecule has 2 saturated heterocycles. The van der Waals surface area contributed by atoms with Gasteiger partial charge < -0.3 is 14.5 Å². The van der Waals surface area contributed by atoms with Gasteiger partial charge in [0.15, 0.2) is 5.54 Å². The minimum Gasteiger partial charge on any atom is -0.453 e. The van der Waals surface area contributed by atoms with Crippen molar-refractivity contribution >= 4 is 34.6 Å². The summed E-state index contributed by atoms with van der Waals surface area (Å²) in [6.07, 6.45) is -3.38. The van der Waals surface area contributed by atoms with Crippen molar-refractivity contribution < 1.29 is 32.3 Å². The van der Waals surface area contributed by atoms with Crippen molar-refractivity contribution in [2.24, 2.45) is 18.0 Å². The molecule has 1 spiro atoms. The molecule has 6 rings (SSSR count). The second-order valence-electron chi connectivity index (χ2n) is 10.7. The van der Waals surface area contributed by atoms with E-state index >= 15 is 0 Å². The van der Waals surface area contributed by atoms with E-state index in [1.807, 2.05) is 49.5 Å². The zero-order valence-corrected chi connectivity index (χ0v) is 22.4. The minimum atomic E-state index is -4.94. The van der Waals surface area contributed by atoms with E-state index in [1.54, 1.807) is 10.9 Å². The van der Waals surface area contributed by atoms with E-state index in [-0.39, 0.29) is 44.5 Å². The fourth-order valence-corrected chi connectivity index (χ4v) is 5.86. The zero-order valence-electron chi connectivity index (χ0n) is 22.4. The summed E-state index contributed by atoms with van der Waals surface area (Å²) in [5.74, 6) is -2.15. The molecule has 3 aliphatic heterocycles. The van der Waals surface area contributed by atoms with Gasteiger partial charge >= 0.3 is 18.2 Å². The number of benzene rings is 2. The maximum absolute atomic E-state index is 13.7. The number of carbonyl (C=O) groups is 3. The van der Waals surface area contributed by atoms with E-state index in [2.05, 4.69) is 5.10 Å². The van der Waals surface area contributed by atoms with Crippen LogP contribution in [-0.4, -0.2) is 99.8 Å². The highest BCUT2D eigenvalue weighted by Crippen LogP contribution is 2.36. The lowest BCUT2D eigenvalue weighted by Gasteiger charge is -2.43. The standard InChI is InChI=1S/C28H27F3N6O4/c1-34-22-8-7-20(11-21(22)12-32-34)18-3-5-19(6-4-18)23-33-27(15-36(16-27)26(40)41-2)24(38)37(23)14-17-9-10-35(13-17)25(39)28(29,30)31/h3-8,11-12,17H,9-10,13-16H2,1-2H3/t17-/m1/s1. The second kappa shape index (κ2) is 9.60. The largest absolute Gasteiger partial charge is 0.471 e. The lowest BCUT2D eigenvalue weighted by molar-refractivity contribution is -0.184. The maximum atomic E-state index is 13.7. The van der Waals surface area contributed by atoms with Gasteiger partial charge in [-0.15, -0.1) is 0 Å². The van der Waals surface area contributed by atoms with Crippen LogP contribution in [0.15, 0.2) is 53.7 Å². The molecule has 0 unspecified atom stereocenters. The summed E-state index contributed by atoms with van der Waals surface area (Å²) in [5, 5.41) is 5.29. The van der Waals surface area contributed by atoms with Crippen LogP contribution in [0.3, 0.4) is 0 Å². The number of amidine groups is 1. The maximum Gasteiger partial charge on any atom is 0.471 e. The number of aromatic nitrogens is 2. The minimum absolute atomic E-state index is 0.0330. The van der Waals surface area contributed by atoms with Crippen LogP contribution in [0.4, 0.5) is 18.0 Å². The first-order valence-electron chi connectivity index (χ1n) is 13.1. The number of carbonyl (C=O) groups excluding carboxylic acids is 3. The molecule has 3 aromatic rings. The third kappa shape index (κ3) is 4.58. The Labute approximate surface area is 233 Å². The lowest BCUT2D eigenvalue weighted by atomic mass is 9.90. The van der Waals surface area contributed by atoms with Gasteiger partial charge in [0.25, 0.3) is 5.91 Å². The van der Waals surface area contributed by atoms with Crippen LogP contribution in [0.1, 0.15) is 12.0 Å². The first-order valence-corrected chi connectivity index (χ1v) is 13.1. The summed E-state index contributed by atoms with van der Waals surface area (Å²) in [4.78, 5) is 45.9. The number of rotatable bonds is 4. The van der Waals surface area contributed by atoms with Gasteiger partial charge in [-0.05, 0) is 35.6 Å². The SMILES string of the molecule is COC(=O)N1CC2(C1)N=C(c1ccc(-c3ccc4c(cnn4C)c3)cc1)N(C[C@@H]1CCN(C(=O)C(F)(F)F)C1)C2=O. The van der Waals surface area contributed by atoms with Gasteiger partial charge in [0.2, 0.25) is 0 Å². The molecule has 10 nitrogen and oxygen atoms in total. The molecule has 0 aliphatic carbocycles. The Hall–Kier alpha value is -4.42. The first-order chi connectivity index (χ1) is 19.5. The number of aliphatic imine (C=N–C) groups is 1. The predicted molar refractivity (Wildman–Crippen MR) is 142 cm³/mol. The average Bonchev–Trinajstić information content (AvgIpc) is 3.63. The van der Waals surface area contributed by atoms with Crippen LogP contribution >= 0.6 is 0 Å². The Balaban J connectivity index is 1.26. The molecule has 0 N–H and O–H groups in total. The zero-order chi connectivity index (χ0) is 29.1. The van der Waals surface area contributed by atoms with Crippen molar-refractivity contribution in [3.8, 4) is 11.1 Å². The molecule has 4 heterocycles. The molecular weight excluding hydrogens is 541 g/mol. The lowest BCUT2D eigenvalue weighted by Crippen LogP contribution is -2.66. The number of fused-ring (bicyclic) bond motifs is 1. The van der Waals surface area contributed by atoms with Crippen LogP contribution in [0.25, 0.3) is 22.0 Å². The van der Waals surface area contributed by atoms with E-state index in [4.69, 9.17) is 9.73 Å². The molecule has 13 heteroatoms. The third-order valence-electron chi connectivity index (χ3n) is 8.04. The highest BCUT2D eigenvalue weighted by Gasteiger charge is 2.58. The van der Waals surface area contributed by atoms with Crippen molar-refractivity contribution in [1.82, 2.24) is 24.5 Å². The predicted octanol–water partition coefficient (Wildman–Crippen LogP) is 3.06. The van der Waals surface area contributed by atoms with Crippen molar-refractivity contribution in [2.45, 2.75) is 18.1 Å². The summed E-state index contributed by atoms with van der Waals surface area (Å²) in [6, 6.07) is 13.6. The van der Waals surface area contributed by atoms with Gasteiger partial charge in [-0.1, -0.05) is 30.3 Å². The van der Waals surface area contributed by atoms with Gasteiger partial charge in [-0.25, -0.2) is 9.79 Å². The van der Waals surface area contributed by atoms with Crippen LogP contribution < -0.4 is 0 Å². The van der Waals surface area contributed by atoms with Crippen molar-refractivity contribution in [3.05, 3.63) is 54.2 Å². The third-order valence-corrected chi connectivity index (χ3v) is 8.04. The Bertz CT molecular complexity index is 1580. The number of amides is 3. The van der Waals surface area contributed by atoms with Crippen LogP contribution in [0, 0.1) is 5.92 Å². The van der Waals surface area contributed by atoms with E-state index in [0.717, 1.165) is 26.9 Å². The quantitative estimate of drug-likeness (QED) is 0.482. The van der Waals surface area contributed by atoms with Crippen molar-refractivity contribution in [3.63, 3.8) is 0 Å². The number of hydrogen-bond donors (Lipinski definition) is 0. The molecule has 0 radical (unpaired) electrons. The number of likely N-dealkylation sites (tertiary alicyclic amines) is 2. The smallest absolute Gasteiger partial charge is 0.453 e. The summed E-state index contributed by atoms with van der Waals surface area (Å²) >= 11 is 0. The van der Waals surface area contributed by atoms with Gasteiger partial charge in [0, 0.05) is 37.6 Å². The van der Waals surface area contributed by atoms with Crippen LogP contribution in [-0.2, 0) is 21.4 Å². The molecule has 3 amide bonds. The number of alkyl halides is 3. The van der Waals surface area contributed by atoms with E-state index < -0.39 is 23.7 Å². The van der Waals surface area contributed by atoms with Gasteiger partial charge in [-0.2, -0.15) is 18.3 Å². The van der Waals surface area contributed by atoms with E-state index in [9.17, 15) is 27.6 Å². The molecule has 1 atom stereocenters. The molecule has 3 aliphatic rings. The number of ether oxygens (including phenoxy) is 1. The Morgan fingerprint density at radius 1 is 1.05 bits per heavy atom. The topological polar surface area (TPSA) is 100 Å². The molecular formula is C28H27F3N6O4. The molecule has 0 bridgehead atoms. The monoisotopic (exact) mass is 568 g/mol. The summed E-state index contributed by atoms with van der Waals surface area (Å²) in [5.41, 5.74) is 2.44. The summed E-state index contributed by atoms with van der Waals surface area (Å²) in [6.45, 7) is 0.0655. The van der Waals surface area contributed by atoms with Crippen molar-refractivity contribution in [1.29, 1.82) is 0 Å². The number of aryl methyl sites for hydroxylation is 1. The molecule has 1 aromatic heterocycles. The van der Waals surface area contributed by atoms with E-state index in [0.29, 0.717) is 17.8 Å². The fraction of sp³-hybridized carbons (Fsp3) is 0.393. The summed E-state index contributed by atoms with van der Waals surface area (Å²) < 4.78 is 45.5. The molecule has 2 fully saturated rings. The summed E-state index contributed by atoms with van der Waals surface area (Å²) in [7, 11) is 3.13. The van der Waals surface area contributed by atoms with Gasteiger partial charge in [-0.3, -0.25) is 19.2 Å². The molecule has 214 valence electrons. The normalized spacial score (nSPS) is 20.1. The number of halogens is 3. The molecule has 41 heavy (non-hydrogen) atoms. The number of methoxy groups -OCH3 is 1. The Morgan fingerprint density at radius 2 is 1.73 bits per heavy atom. The Morgan fingerprint density at radius 3 is 2.41 bits per heavy atom. The average molecular weight is 569 g/mol. The van der Waals surface area contributed by atoms with Gasteiger partial charge in [0.05, 0.1) is 31.9 Å². The second-order valence-corrected chi connectivity index (χ2v) is 10.7. The highest BCUT2D eigenvalue weighted by molar-refractivity contribution is 6.16. The van der Waals surface area contributed by atoms with E-state index in [1.165, 1.54) is 16.9 Å². The van der Waals surface area contributed by atoms with Gasteiger partial charge in [0.1, 0.15) is 5.84 Å². The number of hydrogen-bond acceptors (Lipinski definition) is 6. The van der Waals surface area contributed by atoms with Crippen molar-refractivity contribution in [2.75, 3.05) is 39.8 Å². The first kappa shape index (κ1) is 26.8. The van der Waals surface area contributed by atoms with Crippen LogP contribution in [0.2, 0.25) is 0 Å². The molecule has 2 aromatic carbocycles. The Kier molecular flexibility index (Phi) is 6.27. The highest BCUT2D eigenvalue weighted by atomic mass is 19.4. The fourth-order valence-electron chi connectivity index (χ4n) is 5.86.